The summed E-state index contributed by atoms with van der Waals surface area (Å²) in [5.41, 5.74) is 7.38. The van der Waals surface area contributed by atoms with Gasteiger partial charge in [0.25, 0.3) is 5.91 Å². The average molecular weight is 387 g/mol. The fourth-order valence-electron chi connectivity index (χ4n) is 3.63. The molecule has 4 rings (SSSR count). The van der Waals surface area contributed by atoms with E-state index in [9.17, 15) is 4.79 Å². The van der Waals surface area contributed by atoms with E-state index in [0.717, 1.165) is 22.5 Å². The van der Waals surface area contributed by atoms with Crippen LogP contribution in [0.5, 0.6) is 0 Å². The third-order valence-corrected chi connectivity index (χ3v) is 5.58. The van der Waals surface area contributed by atoms with Gasteiger partial charge in [-0.1, -0.05) is 30.3 Å². The van der Waals surface area contributed by atoms with Crippen LogP contribution in [0, 0.1) is 13.8 Å². The summed E-state index contributed by atoms with van der Waals surface area (Å²) in [6, 6.07) is 16.4. The predicted octanol–water partition coefficient (Wildman–Crippen LogP) is 3.98. The van der Waals surface area contributed by atoms with Crippen LogP contribution in [0.4, 0.5) is 5.69 Å². The molecule has 1 aliphatic heterocycles. The van der Waals surface area contributed by atoms with E-state index in [1.165, 1.54) is 23.7 Å². The summed E-state index contributed by atoms with van der Waals surface area (Å²) < 4.78 is 5.01. The molecule has 1 N–H and O–H groups in total. The number of hydrogen-bond acceptors (Lipinski definition) is 4. The van der Waals surface area contributed by atoms with E-state index in [1.807, 2.05) is 18.2 Å². The largest absolute Gasteiger partial charge is 0.472 e. The SMILES string of the molecule is Cc1cc2c(cc1C)N(C)C(CNC(=O)c1ccoc1)CN=C2c1ccccc1. The summed E-state index contributed by atoms with van der Waals surface area (Å²) in [6.07, 6.45) is 2.96. The molecule has 1 atom stereocenters. The van der Waals surface area contributed by atoms with E-state index in [2.05, 4.69) is 55.4 Å². The van der Waals surface area contributed by atoms with Gasteiger partial charge in [-0.05, 0) is 43.2 Å². The lowest BCUT2D eigenvalue weighted by Gasteiger charge is -2.29. The molecule has 0 fully saturated rings. The first-order chi connectivity index (χ1) is 14.0. The van der Waals surface area contributed by atoms with Crippen LogP contribution < -0.4 is 10.2 Å². The molecule has 1 unspecified atom stereocenters. The molecule has 0 radical (unpaired) electrons. The Labute approximate surface area is 171 Å². The van der Waals surface area contributed by atoms with Crippen LogP contribution in [0.25, 0.3) is 0 Å². The first-order valence-corrected chi connectivity index (χ1v) is 9.79. The van der Waals surface area contributed by atoms with Gasteiger partial charge in [0.05, 0.1) is 30.1 Å². The van der Waals surface area contributed by atoms with Crippen molar-refractivity contribution in [3.8, 4) is 0 Å². The molecule has 0 spiro atoms. The molecular weight excluding hydrogens is 362 g/mol. The zero-order valence-corrected chi connectivity index (χ0v) is 17.0. The van der Waals surface area contributed by atoms with E-state index in [0.29, 0.717) is 18.7 Å². The van der Waals surface area contributed by atoms with Gasteiger partial charge in [0, 0.05) is 30.4 Å². The van der Waals surface area contributed by atoms with Crippen LogP contribution in [-0.2, 0) is 0 Å². The fraction of sp³-hybridized carbons (Fsp3) is 0.250. The molecule has 5 nitrogen and oxygen atoms in total. The van der Waals surface area contributed by atoms with E-state index in [-0.39, 0.29) is 11.9 Å². The number of aryl methyl sites for hydroxylation is 2. The van der Waals surface area contributed by atoms with E-state index < -0.39 is 0 Å². The smallest absolute Gasteiger partial charge is 0.254 e. The van der Waals surface area contributed by atoms with Gasteiger partial charge in [0.2, 0.25) is 0 Å². The summed E-state index contributed by atoms with van der Waals surface area (Å²) in [5, 5.41) is 3.01. The molecule has 1 amide bonds. The molecule has 2 aromatic carbocycles. The summed E-state index contributed by atoms with van der Waals surface area (Å²) in [5.74, 6) is -0.135. The zero-order chi connectivity index (χ0) is 20.4. The van der Waals surface area contributed by atoms with E-state index >= 15 is 0 Å². The van der Waals surface area contributed by atoms with Crippen LogP contribution in [0.1, 0.15) is 32.6 Å². The molecule has 2 heterocycles. The van der Waals surface area contributed by atoms with Gasteiger partial charge in [0.15, 0.2) is 0 Å². The Hall–Kier alpha value is -3.34. The Morgan fingerprint density at radius 1 is 1.17 bits per heavy atom. The Kier molecular flexibility index (Phi) is 5.21. The number of nitrogens with one attached hydrogen (secondary N) is 1. The fourth-order valence-corrected chi connectivity index (χ4v) is 3.63. The van der Waals surface area contributed by atoms with Gasteiger partial charge >= 0.3 is 0 Å². The van der Waals surface area contributed by atoms with Crippen molar-refractivity contribution in [1.82, 2.24) is 5.32 Å². The number of carbonyl (C=O) groups is 1. The number of aliphatic imine (C=N–C) groups is 1. The molecule has 5 heteroatoms. The molecule has 29 heavy (non-hydrogen) atoms. The van der Waals surface area contributed by atoms with Crippen molar-refractivity contribution in [2.24, 2.45) is 4.99 Å². The Bertz CT molecular complexity index is 1040. The zero-order valence-electron chi connectivity index (χ0n) is 17.0. The topological polar surface area (TPSA) is 57.8 Å². The molecule has 0 aliphatic carbocycles. The van der Waals surface area contributed by atoms with Crippen LogP contribution in [0.15, 0.2) is 70.5 Å². The highest BCUT2D eigenvalue weighted by Crippen LogP contribution is 2.30. The second kappa shape index (κ2) is 7.95. The first-order valence-electron chi connectivity index (χ1n) is 9.79. The van der Waals surface area contributed by atoms with Crippen molar-refractivity contribution < 1.29 is 9.21 Å². The number of fused-ring (bicyclic) bond motifs is 1. The number of nitrogens with zero attached hydrogens (tertiary/aromatic N) is 2. The molecule has 1 aromatic heterocycles. The van der Waals surface area contributed by atoms with Crippen LogP contribution in [-0.4, -0.2) is 37.8 Å². The van der Waals surface area contributed by atoms with Crippen molar-refractivity contribution >= 4 is 17.3 Å². The van der Waals surface area contributed by atoms with Crippen molar-refractivity contribution in [2.75, 3.05) is 25.0 Å². The molecule has 3 aromatic rings. The molecule has 0 bridgehead atoms. The number of amides is 1. The number of benzene rings is 2. The summed E-state index contributed by atoms with van der Waals surface area (Å²) in [4.78, 5) is 19.6. The van der Waals surface area contributed by atoms with Crippen molar-refractivity contribution in [3.05, 3.63) is 88.9 Å². The Morgan fingerprint density at radius 3 is 2.66 bits per heavy atom. The van der Waals surface area contributed by atoms with Crippen molar-refractivity contribution in [3.63, 3.8) is 0 Å². The van der Waals surface area contributed by atoms with Gasteiger partial charge in [-0.15, -0.1) is 0 Å². The van der Waals surface area contributed by atoms with E-state index in [4.69, 9.17) is 9.41 Å². The second-order valence-electron chi connectivity index (χ2n) is 7.50. The van der Waals surface area contributed by atoms with Crippen molar-refractivity contribution in [1.29, 1.82) is 0 Å². The molecule has 0 saturated heterocycles. The highest BCUT2D eigenvalue weighted by Gasteiger charge is 2.25. The minimum Gasteiger partial charge on any atom is -0.472 e. The normalized spacial score (nSPS) is 16.0. The number of hydrogen-bond donors (Lipinski definition) is 1. The number of rotatable bonds is 4. The lowest BCUT2D eigenvalue weighted by atomic mass is 9.96. The highest BCUT2D eigenvalue weighted by atomic mass is 16.3. The number of benzodiazepines with no additional fused rings is 1. The maximum Gasteiger partial charge on any atom is 0.254 e. The minimum atomic E-state index is -0.135. The second-order valence-corrected chi connectivity index (χ2v) is 7.50. The summed E-state index contributed by atoms with van der Waals surface area (Å²) in [6.45, 7) is 5.35. The number of carbonyl (C=O) groups excluding carboxylic acids is 1. The number of furan rings is 1. The molecule has 0 saturated carbocycles. The monoisotopic (exact) mass is 387 g/mol. The third-order valence-electron chi connectivity index (χ3n) is 5.58. The van der Waals surface area contributed by atoms with Crippen LogP contribution in [0.3, 0.4) is 0 Å². The van der Waals surface area contributed by atoms with Gasteiger partial charge in [-0.2, -0.15) is 0 Å². The predicted molar refractivity (Wildman–Crippen MR) is 116 cm³/mol. The van der Waals surface area contributed by atoms with Gasteiger partial charge in [-0.25, -0.2) is 0 Å². The van der Waals surface area contributed by atoms with E-state index in [1.54, 1.807) is 6.07 Å². The van der Waals surface area contributed by atoms with Crippen LogP contribution >= 0.6 is 0 Å². The number of anilines is 1. The Balaban J connectivity index is 1.67. The standard InChI is InChI=1S/C24H25N3O2/c1-16-11-21-22(12-17(16)2)27(3)20(14-26-24(28)19-9-10-29-15-19)13-25-23(21)18-7-5-4-6-8-18/h4-12,15,20H,13-14H2,1-3H3,(H,26,28). The molecule has 1 aliphatic rings. The van der Waals surface area contributed by atoms with Gasteiger partial charge in [-0.3, -0.25) is 9.79 Å². The molecular formula is C24H25N3O2. The summed E-state index contributed by atoms with van der Waals surface area (Å²) in [7, 11) is 2.08. The maximum absolute atomic E-state index is 12.3. The third kappa shape index (κ3) is 3.81. The lowest BCUT2D eigenvalue weighted by molar-refractivity contribution is 0.0951. The number of likely N-dealkylation sites (N-methyl/N-ethyl adjacent to an activating group) is 1. The molecule has 148 valence electrons. The quantitative estimate of drug-likeness (QED) is 0.737. The first kappa shape index (κ1) is 19.0. The maximum atomic E-state index is 12.3. The van der Waals surface area contributed by atoms with Crippen LogP contribution in [0.2, 0.25) is 0 Å². The van der Waals surface area contributed by atoms with Gasteiger partial charge in [0.1, 0.15) is 6.26 Å². The minimum absolute atomic E-state index is 0.0490. The average Bonchev–Trinajstić information content (AvgIpc) is 3.24. The lowest BCUT2D eigenvalue weighted by Crippen LogP contribution is -2.43. The Morgan fingerprint density at radius 2 is 1.93 bits per heavy atom. The van der Waals surface area contributed by atoms with Crippen molar-refractivity contribution in [2.45, 2.75) is 19.9 Å². The highest BCUT2D eigenvalue weighted by molar-refractivity contribution is 6.16. The van der Waals surface area contributed by atoms with Gasteiger partial charge < -0.3 is 14.6 Å². The summed E-state index contributed by atoms with van der Waals surface area (Å²) >= 11 is 0.